The van der Waals surface area contributed by atoms with Crippen molar-refractivity contribution in [3.05, 3.63) is 0 Å². The van der Waals surface area contributed by atoms with E-state index in [1.54, 1.807) is 13.8 Å². The molecule has 0 unspecified atom stereocenters. The lowest BCUT2D eigenvalue weighted by Gasteiger charge is -2.13. The molecule has 0 amide bonds. The Balaban J connectivity index is -0.0000000411. The van der Waals surface area contributed by atoms with Gasteiger partial charge >= 0.3 is 0 Å². The number of carbonyl (C=O) groups is 2. The van der Waals surface area contributed by atoms with Gasteiger partial charge < -0.3 is 0 Å². The van der Waals surface area contributed by atoms with Crippen LogP contribution in [0.5, 0.6) is 0 Å². The summed E-state index contributed by atoms with van der Waals surface area (Å²) in [4.78, 5) is 21.8. The third-order valence-electron chi connectivity index (χ3n) is 8.11. The van der Waals surface area contributed by atoms with Crippen molar-refractivity contribution >= 4 is 11.6 Å². The average Bonchev–Trinajstić information content (AvgIpc) is 2.97. The van der Waals surface area contributed by atoms with Gasteiger partial charge in [0.05, 0.1) is 0 Å². The van der Waals surface area contributed by atoms with Crippen LogP contribution in [0, 0.1) is 11.8 Å². The molecule has 320 valence electrons. The van der Waals surface area contributed by atoms with E-state index in [0.29, 0.717) is 11.7 Å². The Hall–Kier alpha value is -0.660. The zero-order valence-corrected chi connectivity index (χ0v) is 31.4. The Kier molecular flexibility index (Phi) is 129. The second-order valence-electron chi connectivity index (χ2n) is 13.0. The fourth-order valence-corrected chi connectivity index (χ4v) is 4.60. The molecule has 0 radical (unpaired) electrons. The number of Topliss-reactive ketones (excluding diaryl/α,β-unsaturated/α-hetero) is 2. The number of ketones is 2. The lowest BCUT2D eigenvalue weighted by Crippen LogP contribution is -2.10. The first-order valence-electron chi connectivity index (χ1n) is 19.2. The Bertz CT molecular complexity index is 443. The molecule has 0 heterocycles. The maximum absolute atomic E-state index is 11.7. The summed E-state index contributed by atoms with van der Waals surface area (Å²) in [5.74, 6) is 1.25. The summed E-state index contributed by atoms with van der Waals surface area (Å²) in [6, 6.07) is 0. The van der Waals surface area contributed by atoms with Gasteiger partial charge in [0, 0.05) is 11.8 Å². The Morgan fingerprint density at radius 2 is 0.480 bits per heavy atom. The second-order valence-corrected chi connectivity index (χ2v) is 13.0. The summed E-state index contributed by atoms with van der Waals surface area (Å²) < 4.78 is 0. The quantitative estimate of drug-likeness (QED) is 0.0832. The topological polar surface area (TPSA) is 34.1 Å². The van der Waals surface area contributed by atoms with Crippen molar-refractivity contribution in [1.29, 1.82) is 0 Å². The summed E-state index contributed by atoms with van der Waals surface area (Å²) in [5, 5.41) is 0. The number of carbonyl (C=O) groups excluding carboxylic acids is 2. The lowest BCUT2D eigenvalue weighted by molar-refractivity contribution is -0.121. The number of hydrogen-bond acceptors (Lipinski definition) is 2. The molecule has 0 spiro atoms. The molecular formula is C48H116O2. The van der Waals surface area contributed by atoms with Crippen LogP contribution in [0.4, 0.5) is 0 Å². The fraction of sp³-hybridized carbons (Fsp3) is 0.958. The molecule has 0 aliphatic heterocycles. The lowest BCUT2D eigenvalue weighted by atomic mass is 9.91. The van der Waals surface area contributed by atoms with Gasteiger partial charge in [-0.15, -0.1) is 0 Å². The maximum atomic E-state index is 11.7. The molecule has 0 atom stereocenters. The van der Waals surface area contributed by atoms with Crippen LogP contribution < -0.4 is 0 Å². The summed E-state index contributed by atoms with van der Waals surface area (Å²) >= 11 is 0. The van der Waals surface area contributed by atoms with Crippen molar-refractivity contribution in [3.8, 4) is 0 Å². The van der Waals surface area contributed by atoms with E-state index in [0.717, 1.165) is 12.8 Å². The van der Waals surface area contributed by atoms with Crippen molar-refractivity contribution in [1.82, 2.24) is 0 Å². The average molecular weight is 725 g/mol. The highest BCUT2D eigenvalue weighted by atomic mass is 16.1. The van der Waals surface area contributed by atoms with Gasteiger partial charge in [-0.05, 0) is 26.7 Å². The van der Waals surface area contributed by atoms with Gasteiger partial charge in [-0.25, -0.2) is 0 Å². The van der Waals surface area contributed by atoms with Gasteiger partial charge in [-0.3, -0.25) is 9.59 Å². The van der Waals surface area contributed by atoms with Gasteiger partial charge in [-0.2, -0.15) is 0 Å². The zero-order chi connectivity index (χ0) is 32.7. The van der Waals surface area contributed by atoms with Gasteiger partial charge in [0.2, 0.25) is 0 Å². The van der Waals surface area contributed by atoms with Crippen LogP contribution in [0.2, 0.25) is 0 Å². The molecule has 0 fully saturated rings. The normalized spacial score (nSPS) is 8.72. The molecule has 50 heavy (non-hydrogen) atoms. The SMILES string of the molecule is C.C.C.C.C.C.C.C.CC(=O)C(C)C.CCCCCCCC.CCCCCCCC.CCCCCCCCC(CCCCCCCC)C(C)=O. The first kappa shape index (κ1) is 82.7. The molecule has 0 N–H and O–H groups in total. The first-order chi connectivity index (χ1) is 20.2. The summed E-state index contributed by atoms with van der Waals surface area (Å²) in [6.07, 6.45) is 35.2. The smallest absolute Gasteiger partial charge is 0.132 e. The van der Waals surface area contributed by atoms with Crippen LogP contribution >= 0.6 is 0 Å². The molecule has 0 aromatic carbocycles. The van der Waals surface area contributed by atoms with E-state index in [1.807, 2.05) is 13.8 Å². The molecule has 0 saturated heterocycles. The largest absolute Gasteiger partial charge is 0.300 e. The molecular weight excluding hydrogens is 609 g/mol. The highest BCUT2D eigenvalue weighted by molar-refractivity contribution is 5.78. The highest BCUT2D eigenvalue weighted by Crippen LogP contribution is 2.20. The Morgan fingerprint density at radius 1 is 0.320 bits per heavy atom. The van der Waals surface area contributed by atoms with Crippen LogP contribution in [-0.2, 0) is 9.59 Å². The molecule has 0 saturated carbocycles. The third kappa shape index (κ3) is 91.5. The second kappa shape index (κ2) is 77.7. The zero-order valence-electron chi connectivity index (χ0n) is 31.4. The molecule has 2 heteroatoms. The number of hydrogen-bond donors (Lipinski definition) is 0. The minimum absolute atomic E-state index is 0. The first-order valence-corrected chi connectivity index (χ1v) is 19.2. The van der Waals surface area contributed by atoms with E-state index in [2.05, 4.69) is 41.5 Å². The molecule has 2 nitrogen and oxygen atoms in total. The van der Waals surface area contributed by atoms with Gasteiger partial charge in [0.15, 0.2) is 0 Å². The number of unbranched alkanes of at least 4 members (excludes halogenated alkanes) is 20. The minimum atomic E-state index is 0. The maximum Gasteiger partial charge on any atom is 0.132 e. The third-order valence-corrected chi connectivity index (χ3v) is 8.11. The predicted octanol–water partition coefficient (Wildman–Crippen LogP) is 19.7. The van der Waals surface area contributed by atoms with Crippen LogP contribution in [0.15, 0.2) is 0 Å². The van der Waals surface area contributed by atoms with Gasteiger partial charge in [0.25, 0.3) is 0 Å². The summed E-state index contributed by atoms with van der Waals surface area (Å²) in [7, 11) is 0. The van der Waals surface area contributed by atoms with Crippen LogP contribution in [-0.4, -0.2) is 11.6 Å². The van der Waals surface area contributed by atoms with E-state index in [4.69, 9.17) is 0 Å². The van der Waals surface area contributed by atoms with E-state index in [1.165, 1.54) is 154 Å². The number of rotatable bonds is 26. The fourth-order valence-electron chi connectivity index (χ4n) is 4.60. The summed E-state index contributed by atoms with van der Waals surface area (Å²) in [5.41, 5.74) is 0. The van der Waals surface area contributed by atoms with E-state index < -0.39 is 0 Å². The summed E-state index contributed by atoms with van der Waals surface area (Å²) in [6.45, 7) is 20.7. The molecule has 0 aliphatic carbocycles. The molecule has 0 aromatic rings. The van der Waals surface area contributed by atoms with E-state index >= 15 is 0 Å². The van der Waals surface area contributed by atoms with Gasteiger partial charge in [0.1, 0.15) is 11.6 Å². The molecule has 0 rings (SSSR count). The van der Waals surface area contributed by atoms with Crippen molar-refractivity contribution in [2.24, 2.45) is 11.8 Å². The van der Waals surface area contributed by atoms with Crippen LogP contribution in [0.1, 0.15) is 296 Å². The molecule has 0 aromatic heterocycles. The van der Waals surface area contributed by atoms with Crippen molar-refractivity contribution in [2.75, 3.05) is 0 Å². The predicted molar refractivity (Wildman–Crippen MR) is 248 cm³/mol. The molecule has 0 bridgehead atoms. The van der Waals surface area contributed by atoms with Crippen molar-refractivity contribution in [2.45, 2.75) is 296 Å². The minimum Gasteiger partial charge on any atom is -0.300 e. The Morgan fingerprint density at radius 3 is 0.620 bits per heavy atom. The van der Waals surface area contributed by atoms with E-state index in [-0.39, 0.29) is 71.1 Å². The highest BCUT2D eigenvalue weighted by Gasteiger charge is 2.13. The monoisotopic (exact) mass is 725 g/mol. The van der Waals surface area contributed by atoms with Crippen molar-refractivity contribution < 1.29 is 9.59 Å². The Labute approximate surface area is 327 Å². The van der Waals surface area contributed by atoms with Crippen molar-refractivity contribution in [3.63, 3.8) is 0 Å². The van der Waals surface area contributed by atoms with Crippen LogP contribution in [0.3, 0.4) is 0 Å². The van der Waals surface area contributed by atoms with Gasteiger partial charge in [-0.1, -0.05) is 269 Å². The van der Waals surface area contributed by atoms with Crippen LogP contribution in [0.25, 0.3) is 0 Å². The van der Waals surface area contributed by atoms with E-state index in [9.17, 15) is 9.59 Å². The standard InChI is InChI=1S/C19H38O.2C8H18.C5H10O.8CH4/c1-4-6-8-10-12-14-16-19(18(3)20)17-15-13-11-9-7-5-2;2*1-3-5-7-8-6-4-2;1-4(2)5(3)6;;;;;;;;/h19H,4-17H2,1-3H3;2*3-8H2,1-2H3;4H,1-3H3;8*1H4. The molecule has 0 aliphatic rings.